The van der Waals surface area contributed by atoms with Crippen LogP contribution in [0.4, 0.5) is 0 Å². The molecule has 0 aliphatic heterocycles. The summed E-state index contributed by atoms with van der Waals surface area (Å²) in [6.45, 7) is 3.74. The van der Waals surface area contributed by atoms with Gasteiger partial charge >= 0.3 is 0 Å². The lowest BCUT2D eigenvalue weighted by atomic mass is 9.95. The Morgan fingerprint density at radius 3 is 2.42 bits per heavy atom. The molecule has 0 aliphatic rings. The molecule has 0 atom stereocenters. The standard InChI is InChI=1S/C17H16BrN3O3/c1-9-14(10(2)24-20-9)16-13(8-19-23)21(3)17(18)15(16)11-4-6-12(22)7-5-11/h4-7,22H,8H2,1-3H3. The number of aromatic hydroxyl groups is 1. The van der Waals surface area contributed by atoms with Crippen molar-refractivity contribution < 1.29 is 9.63 Å². The largest absolute Gasteiger partial charge is 0.508 e. The van der Waals surface area contributed by atoms with Crippen molar-refractivity contribution >= 4 is 15.9 Å². The fourth-order valence-corrected chi connectivity index (χ4v) is 3.59. The summed E-state index contributed by atoms with van der Waals surface area (Å²) in [6, 6.07) is 6.91. The molecule has 0 radical (unpaired) electrons. The van der Waals surface area contributed by atoms with Gasteiger partial charge in [-0.05, 0) is 47.5 Å². The third-order valence-electron chi connectivity index (χ3n) is 4.10. The zero-order chi connectivity index (χ0) is 17.4. The van der Waals surface area contributed by atoms with E-state index in [0.29, 0.717) is 5.76 Å². The Hall–Kier alpha value is -2.41. The smallest absolute Gasteiger partial charge is 0.141 e. The molecule has 7 heteroatoms. The Kier molecular flexibility index (Phi) is 4.28. The van der Waals surface area contributed by atoms with Gasteiger partial charge in [0.15, 0.2) is 0 Å². The van der Waals surface area contributed by atoms with E-state index in [1.54, 1.807) is 12.1 Å². The first-order chi connectivity index (χ1) is 11.5. The van der Waals surface area contributed by atoms with Crippen molar-refractivity contribution in [2.75, 3.05) is 0 Å². The maximum Gasteiger partial charge on any atom is 0.141 e. The highest BCUT2D eigenvalue weighted by molar-refractivity contribution is 9.10. The highest BCUT2D eigenvalue weighted by Crippen LogP contribution is 2.44. The number of hydrogen-bond donors (Lipinski definition) is 1. The number of phenols is 1. The van der Waals surface area contributed by atoms with Crippen LogP contribution < -0.4 is 0 Å². The van der Waals surface area contributed by atoms with E-state index in [4.69, 9.17) is 4.52 Å². The van der Waals surface area contributed by atoms with Gasteiger partial charge in [0.2, 0.25) is 0 Å². The highest BCUT2D eigenvalue weighted by Gasteiger charge is 2.26. The number of hydrogen-bond acceptors (Lipinski definition) is 5. The van der Waals surface area contributed by atoms with Gasteiger partial charge in [-0.3, -0.25) is 0 Å². The Bertz CT molecular complexity index is 891. The normalized spacial score (nSPS) is 11.0. The molecule has 0 saturated carbocycles. The summed E-state index contributed by atoms with van der Waals surface area (Å²) in [7, 11) is 1.87. The molecule has 0 saturated heterocycles. The van der Waals surface area contributed by atoms with Crippen molar-refractivity contribution in [3.05, 3.63) is 50.9 Å². The van der Waals surface area contributed by atoms with Crippen LogP contribution in [0.15, 0.2) is 38.6 Å². The molecule has 1 aromatic carbocycles. The van der Waals surface area contributed by atoms with E-state index in [1.165, 1.54) is 0 Å². The van der Waals surface area contributed by atoms with Crippen molar-refractivity contribution in [3.8, 4) is 28.0 Å². The van der Waals surface area contributed by atoms with E-state index in [1.807, 2.05) is 37.6 Å². The fourth-order valence-electron chi connectivity index (χ4n) is 2.95. The molecule has 24 heavy (non-hydrogen) atoms. The number of aromatic nitrogens is 2. The zero-order valence-corrected chi connectivity index (χ0v) is 15.1. The number of nitrogens with zero attached hydrogens (tertiary/aromatic N) is 3. The molecule has 0 fully saturated rings. The Morgan fingerprint density at radius 1 is 1.21 bits per heavy atom. The van der Waals surface area contributed by atoms with Crippen LogP contribution in [0, 0.1) is 18.8 Å². The second kappa shape index (κ2) is 6.24. The van der Waals surface area contributed by atoms with Gasteiger partial charge in [-0.2, -0.15) is 4.91 Å². The van der Waals surface area contributed by atoms with E-state index >= 15 is 0 Å². The monoisotopic (exact) mass is 389 g/mol. The van der Waals surface area contributed by atoms with Crippen molar-refractivity contribution in [3.63, 3.8) is 0 Å². The van der Waals surface area contributed by atoms with Crippen LogP contribution in [-0.2, 0) is 13.6 Å². The molecule has 1 N–H and O–H groups in total. The summed E-state index contributed by atoms with van der Waals surface area (Å²) in [4.78, 5) is 11.0. The van der Waals surface area contributed by atoms with Gasteiger partial charge in [-0.15, -0.1) is 0 Å². The van der Waals surface area contributed by atoms with Gasteiger partial charge in [-0.25, -0.2) is 0 Å². The lowest BCUT2D eigenvalue weighted by Gasteiger charge is -2.07. The molecule has 2 aromatic heterocycles. The van der Waals surface area contributed by atoms with Gasteiger partial charge in [0, 0.05) is 23.7 Å². The number of halogens is 1. The van der Waals surface area contributed by atoms with Crippen molar-refractivity contribution in [1.29, 1.82) is 0 Å². The number of nitroso groups, excluding NO2 is 1. The average molecular weight is 390 g/mol. The molecule has 3 aromatic rings. The maximum absolute atomic E-state index is 11.0. The second-order valence-electron chi connectivity index (χ2n) is 5.58. The maximum atomic E-state index is 11.0. The molecule has 3 rings (SSSR count). The zero-order valence-electron chi connectivity index (χ0n) is 13.5. The molecule has 2 heterocycles. The lowest BCUT2D eigenvalue weighted by molar-refractivity contribution is 0.393. The molecule has 0 amide bonds. The van der Waals surface area contributed by atoms with Crippen LogP contribution in [0.5, 0.6) is 5.75 Å². The van der Waals surface area contributed by atoms with Gasteiger partial charge < -0.3 is 14.2 Å². The Labute approximate surface area is 147 Å². The van der Waals surface area contributed by atoms with Gasteiger partial charge in [0.05, 0.1) is 16.0 Å². The second-order valence-corrected chi connectivity index (χ2v) is 6.33. The van der Waals surface area contributed by atoms with Crippen molar-refractivity contribution in [2.24, 2.45) is 12.2 Å². The SMILES string of the molecule is Cc1noc(C)c1-c1c(-c2ccc(O)cc2)c(Br)n(C)c1CN=O. The predicted octanol–water partition coefficient (Wildman–Crippen LogP) is 4.70. The topological polar surface area (TPSA) is 80.6 Å². The minimum Gasteiger partial charge on any atom is -0.508 e. The summed E-state index contributed by atoms with van der Waals surface area (Å²) in [5.74, 6) is 0.872. The quantitative estimate of drug-likeness (QED) is 0.655. The third-order valence-corrected chi connectivity index (χ3v) is 5.03. The predicted molar refractivity (Wildman–Crippen MR) is 94.7 cm³/mol. The first-order valence-electron chi connectivity index (χ1n) is 7.34. The number of rotatable bonds is 4. The first-order valence-corrected chi connectivity index (χ1v) is 8.13. The Balaban J connectivity index is 2.38. The average Bonchev–Trinajstić information content (AvgIpc) is 3.00. The van der Waals surface area contributed by atoms with Crippen LogP contribution in [0.2, 0.25) is 0 Å². The van der Waals surface area contributed by atoms with Crippen LogP contribution in [-0.4, -0.2) is 14.8 Å². The molecule has 124 valence electrons. The van der Waals surface area contributed by atoms with Gasteiger partial charge in [-0.1, -0.05) is 22.5 Å². The van der Waals surface area contributed by atoms with E-state index in [0.717, 1.165) is 38.2 Å². The van der Waals surface area contributed by atoms with E-state index in [9.17, 15) is 10.0 Å². The lowest BCUT2D eigenvalue weighted by Crippen LogP contribution is -1.97. The molecule has 0 unspecified atom stereocenters. The summed E-state index contributed by atoms with van der Waals surface area (Å²) >= 11 is 3.62. The Morgan fingerprint density at radius 2 is 1.88 bits per heavy atom. The summed E-state index contributed by atoms with van der Waals surface area (Å²) in [6.07, 6.45) is 0. The van der Waals surface area contributed by atoms with Crippen LogP contribution in [0.3, 0.4) is 0 Å². The number of benzene rings is 1. The van der Waals surface area contributed by atoms with Crippen LogP contribution >= 0.6 is 15.9 Å². The van der Waals surface area contributed by atoms with Gasteiger partial charge in [0.25, 0.3) is 0 Å². The van der Waals surface area contributed by atoms with Crippen molar-refractivity contribution in [1.82, 2.24) is 9.72 Å². The summed E-state index contributed by atoms with van der Waals surface area (Å²) in [5.41, 5.74) is 5.06. The minimum atomic E-state index is 0.0343. The van der Waals surface area contributed by atoms with E-state index in [2.05, 4.69) is 26.3 Å². The van der Waals surface area contributed by atoms with Crippen molar-refractivity contribution in [2.45, 2.75) is 20.4 Å². The minimum absolute atomic E-state index is 0.0343. The third kappa shape index (κ3) is 2.54. The van der Waals surface area contributed by atoms with Crippen LogP contribution in [0.1, 0.15) is 17.1 Å². The summed E-state index contributed by atoms with van der Waals surface area (Å²) < 4.78 is 8.03. The molecular formula is C17H16BrN3O3. The molecular weight excluding hydrogens is 374 g/mol. The van der Waals surface area contributed by atoms with Crippen LogP contribution in [0.25, 0.3) is 22.3 Å². The molecule has 0 aliphatic carbocycles. The fraction of sp³-hybridized carbons (Fsp3) is 0.235. The highest BCUT2D eigenvalue weighted by atomic mass is 79.9. The van der Waals surface area contributed by atoms with E-state index < -0.39 is 0 Å². The molecule has 6 nitrogen and oxygen atoms in total. The molecule has 0 spiro atoms. The number of phenolic OH excluding ortho intramolecular Hbond substituents is 1. The summed E-state index contributed by atoms with van der Waals surface area (Å²) in [5, 5.41) is 16.7. The number of aryl methyl sites for hydroxylation is 2. The van der Waals surface area contributed by atoms with Gasteiger partial charge in [0.1, 0.15) is 18.1 Å². The van der Waals surface area contributed by atoms with E-state index in [-0.39, 0.29) is 12.3 Å². The first kappa shape index (κ1) is 16.4. The molecule has 0 bridgehead atoms.